The smallest absolute Gasteiger partial charge is 0.229 e. The molecule has 4 heteroatoms. The van der Waals surface area contributed by atoms with Gasteiger partial charge in [-0.2, -0.15) is 0 Å². The Labute approximate surface area is 168 Å². The third-order valence-corrected chi connectivity index (χ3v) is 4.93. The Hall–Kier alpha value is -1.06. The van der Waals surface area contributed by atoms with Crippen LogP contribution in [-0.2, 0) is 14.4 Å². The van der Waals surface area contributed by atoms with Crippen molar-refractivity contribution in [2.24, 2.45) is 11.1 Å². The highest BCUT2D eigenvalue weighted by Crippen LogP contribution is 2.21. The molecule has 0 aliphatic carbocycles. The van der Waals surface area contributed by atoms with E-state index in [1.807, 2.05) is 6.92 Å². The maximum absolute atomic E-state index is 11.6. The molecule has 0 aromatic heterocycles. The van der Waals surface area contributed by atoms with Gasteiger partial charge in [0.25, 0.3) is 0 Å². The van der Waals surface area contributed by atoms with Crippen LogP contribution in [0.5, 0.6) is 0 Å². The van der Waals surface area contributed by atoms with E-state index < -0.39 is 0 Å². The minimum absolute atomic E-state index is 0.128. The Morgan fingerprint density at radius 3 is 2.19 bits per heavy atom. The van der Waals surface area contributed by atoms with Crippen LogP contribution in [0.4, 0.5) is 0 Å². The summed E-state index contributed by atoms with van der Waals surface area (Å²) >= 11 is 0. The Kier molecular flexibility index (Phi) is 17.6. The number of ether oxygens (including phenoxy) is 1. The highest BCUT2D eigenvalue weighted by Gasteiger charge is 2.25. The lowest BCUT2D eigenvalue weighted by atomic mass is 9.97. The third kappa shape index (κ3) is 13.7. The van der Waals surface area contributed by atoms with Crippen LogP contribution in [0.1, 0.15) is 118 Å². The number of ketones is 1. The molecular weight excluding hydrogens is 338 g/mol. The molecule has 27 heavy (non-hydrogen) atoms. The zero-order valence-corrected chi connectivity index (χ0v) is 18.7. The van der Waals surface area contributed by atoms with Gasteiger partial charge in [0.1, 0.15) is 11.9 Å². The number of rotatable bonds is 14. The van der Waals surface area contributed by atoms with Crippen molar-refractivity contribution in [2.75, 3.05) is 6.61 Å². The highest BCUT2D eigenvalue weighted by molar-refractivity contribution is 5.81. The van der Waals surface area contributed by atoms with E-state index in [2.05, 4.69) is 32.9 Å². The number of hydrogen-bond donors (Lipinski definition) is 0. The Bertz CT molecular complexity index is 378. The zero-order chi connectivity index (χ0) is 20.3. The van der Waals surface area contributed by atoms with Crippen molar-refractivity contribution in [3.8, 4) is 0 Å². The molecule has 1 rings (SSSR count). The first-order chi connectivity index (χ1) is 13.1. The van der Waals surface area contributed by atoms with E-state index >= 15 is 0 Å². The van der Waals surface area contributed by atoms with Gasteiger partial charge in [0.15, 0.2) is 6.61 Å². The number of nitrogens with zero attached hydrogens (tertiary/aromatic N) is 1. The number of hydrogen-bond acceptors (Lipinski definition) is 4. The molecule has 2 unspecified atom stereocenters. The first-order valence-corrected chi connectivity index (χ1v) is 11.5. The molecule has 0 radical (unpaired) electrons. The van der Waals surface area contributed by atoms with E-state index in [0.29, 0.717) is 31.1 Å². The monoisotopic (exact) mass is 383 g/mol. The molecule has 160 valence electrons. The predicted octanol–water partition coefficient (Wildman–Crippen LogP) is 7.06. The lowest BCUT2D eigenvalue weighted by Gasteiger charge is -2.26. The zero-order valence-electron chi connectivity index (χ0n) is 18.7. The molecular formula is C23H45NO3. The molecule has 1 aliphatic heterocycles. The van der Waals surface area contributed by atoms with Crippen LogP contribution in [0, 0.1) is 5.92 Å². The summed E-state index contributed by atoms with van der Waals surface area (Å²) in [5.74, 6) is 1.25. The summed E-state index contributed by atoms with van der Waals surface area (Å²) in [6.45, 7) is 11.4. The molecule has 1 heterocycles. The summed E-state index contributed by atoms with van der Waals surface area (Å²) in [4.78, 5) is 16.9. The molecule has 0 amide bonds. The molecule has 0 saturated carbocycles. The topological polar surface area (TPSA) is 47.9 Å². The van der Waals surface area contributed by atoms with Crippen molar-refractivity contribution in [3.05, 3.63) is 0 Å². The average molecular weight is 384 g/mol. The number of oxime groups is 1. The van der Waals surface area contributed by atoms with Crippen molar-refractivity contribution in [1.82, 2.24) is 0 Å². The van der Waals surface area contributed by atoms with E-state index in [-0.39, 0.29) is 12.0 Å². The van der Waals surface area contributed by atoms with Crippen LogP contribution < -0.4 is 0 Å². The molecule has 2 atom stereocenters. The van der Waals surface area contributed by atoms with Crippen molar-refractivity contribution >= 4 is 11.7 Å². The molecule has 0 spiro atoms. The third-order valence-electron chi connectivity index (χ3n) is 4.93. The van der Waals surface area contributed by atoms with Crippen molar-refractivity contribution in [2.45, 2.75) is 124 Å². The average Bonchev–Trinajstić information content (AvgIpc) is 2.68. The minimum atomic E-state index is 0.128. The summed E-state index contributed by atoms with van der Waals surface area (Å²) < 4.78 is 5.95. The fourth-order valence-corrected chi connectivity index (χ4v) is 3.07. The largest absolute Gasteiger partial charge is 0.471 e. The maximum Gasteiger partial charge on any atom is 0.229 e. The molecule has 0 fully saturated rings. The van der Waals surface area contributed by atoms with Crippen LogP contribution in [-0.4, -0.2) is 24.4 Å². The molecule has 0 saturated heterocycles. The van der Waals surface area contributed by atoms with E-state index in [0.717, 1.165) is 38.5 Å². The second-order valence-electron chi connectivity index (χ2n) is 7.60. The van der Waals surface area contributed by atoms with Gasteiger partial charge in [-0.1, -0.05) is 78.3 Å². The predicted molar refractivity (Wildman–Crippen MR) is 115 cm³/mol. The van der Waals surface area contributed by atoms with E-state index in [1.165, 1.54) is 32.1 Å². The van der Waals surface area contributed by atoms with E-state index in [9.17, 15) is 4.79 Å². The van der Waals surface area contributed by atoms with Gasteiger partial charge in [0, 0.05) is 18.8 Å². The van der Waals surface area contributed by atoms with Gasteiger partial charge in [0.2, 0.25) is 5.90 Å². The second kappa shape index (κ2) is 18.3. The maximum atomic E-state index is 11.6. The quantitative estimate of drug-likeness (QED) is 0.302. The van der Waals surface area contributed by atoms with Gasteiger partial charge in [-0.15, -0.1) is 0 Å². The van der Waals surface area contributed by atoms with Crippen molar-refractivity contribution in [3.63, 3.8) is 0 Å². The van der Waals surface area contributed by atoms with Crippen LogP contribution >= 0.6 is 0 Å². The number of Topliss-reactive ketones (excluding diaryl/α,β-unsaturated/α-hetero) is 1. The molecule has 0 N–H and O–H groups in total. The summed E-state index contributed by atoms with van der Waals surface area (Å²) in [6, 6.07) is 0. The van der Waals surface area contributed by atoms with Crippen LogP contribution in [0.25, 0.3) is 0 Å². The van der Waals surface area contributed by atoms with Crippen molar-refractivity contribution in [1.29, 1.82) is 0 Å². The normalized spacial score (nSPS) is 17.1. The first-order valence-electron chi connectivity index (χ1n) is 11.5. The molecule has 0 aromatic carbocycles. The molecule has 4 nitrogen and oxygen atoms in total. The Morgan fingerprint density at radius 1 is 0.963 bits per heavy atom. The minimum Gasteiger partial charge on any atom is -0.471 e. The Balaban J connectivity index is 0.000000821. The van der Waals surface area contributed by atoms with Crippen LogP contribution in [0.2, 0.25) is 0 Å². The lowest BCUT2D eigenvalue weighted by molar-refractivity contribution is -0.119. The second-order valence-corrected chi connectivity index (χ2v) is 7.60. The van der Waals surface area contributed by atoms with Gasteiger partial charge in [-0.3, -0.25) is 4.79 Å². The molecule has 0 aromatic rings. The van der Waals surface area contributed by atoms with Crippen LogP contribution in [0.3, 0.4) is 0 Å². The summed E-state index contributed by atoms with van der Waals surface area (Å²) in [7, 11) is 0. The van der Waals surface area contributed by atoms with Gasteiger partial charge in [0.05, 0.1) is 0 Å². The van der Waals surface area contributed by atoms with Gasteiger partial charge < -0.3 is 9.57 Å². The van der Waals surface area contributed by atoms with Gasteiger partial charge in [-0.25, -0.2) is 0 Å². The first kappa shape index (κ1) is 25.9. The summed E-state index contributed by atoms with van der Waals surface area (Å²) in [6.07, 6.45) is 14.4. The van der Waals surface area contributed by atoms with Crippen LogP contribution in [0.15, 0.2) is 5.16 Å². The number of unbranched alkanes of at least 4 members (excludes halogenated alkanes) is 5. The fourth-order valence-electron chi connectivity index (χ4n) is 3.07. The number of carbonyl (C=O) groups is 1. The van der Waals surface area contributed by atoms with E-state index in [4.69, 9.17) is 9.57 Å². The van der Waals surface area contributed by atoms with Gasteiger partial charge >= 0.3 is 0 Å². The fraction of sp³-hybridized carbons (Fsp3) is 0.913. The Morgan fingerprint density at radius 2 is 1.63 bits per heavy atom. The van der Waals surface area contributed by atoms with Crippen molar-refractivity contribution < 1.29 is 14.4 Å². The lowest BCUT2D eigenvalue weighted by Crippen LogP contribution is -2.32. The standard InChI is InChI=1S/C16H29NO3.C7H16/c1-4-7-9-15-12-19-17-16(20-15)13(6-3)10-11-14(18)8-5-2;1-3-5-7-6-4-2/h13,15H,4-12H2,1-3H3;3-7H2,1-2H3. The highest BCUT2D eigenvalue weighted by atomic mass is 16.7. The SMILES string of the molecule is CCCCC1CON=C(C(CC)CCC(=O)CCC)O1.CCCCCCC. The van der Waals surface area contributed by atoms with Gasteiger partial charge in [-0.05, 0) is 32.1 Å². The summed E-state index contributed by atoms with van der Waals surface area (Å²) in [5.41, 5.74) is 0. The summed E-state index contributed by atoms with van der Waals surface area (Å²) in [5, 5.41) is 4.07. The molecule has 0 bridgehead atoms. The molecule has 1 aliphatic rings. The number of carbonyl (C=O) groups excluding carboxylic acids is 1. The van der Waals surface area contributed by atoms with E-state index in [1.54, 1.807) is 0 Å².